The monoisotopic (exact) mass is 643 g/mol. The highest BCUT2D eigenvalue weighted by molar-refractivity contribution is 6.09. The number of amides is 2. The van der Waals surface area contributed by atoms with Crippen LogP contribution in [-0.2, 0) is 4.79 Å². The number of fused-ring (bicyclic) bond motifs is 4. The van der Waals surface area contributed by atoms with Crippen LogP contribution in [0.1, 0.15) is 73.8 Å². The second-order valence-corrected chi connectivity index (χ2v) is 12.4. The number of carbonyl (C=O) groups excluding carboxylic acids is 2. The molecule has 6 rings (SSSR count). The van der Waals surface area contributed by atoms with Crippen molar-refractivity contribution in [3.63, 3.8) is 0 Å². The van der Waals surface area contributed by atoms with Gasteiger partial charge in [-0.25, -0.2) is 0 Å². The summed E-state index contributed by atoms with van der Waals surface area (Å²) in [4.78, 5) is 28.5. The summed E-state index contributed by atoms with van der Waals surface area (Å²) in [7, 11) is 3.19. The Morgan fingerprint density at radius 2 is 1.50 bits per heavy atom. The number of hydrogen-bond acceptors (Lipinski definition) is 4. The Morgan fingerprint density at radius 1 is 0.833 bits per heavy atom. The molecule has 0 bridgehead atoms. The predicted molar refractivity (Wildman–Crippen MR) is 194 cm³/mol. The van der Waals surface area contributed by atoms with Crippen LogP contribution in [0.4, 0.5) is 5.69 Å². The van der Waals surface area contributed by atoms with Gasteiger partial charge in [0.25, 0.3) is 5.91 Å². The van der Waals surface area contributed by atoms with Crippen LogP contribution in [0.5, 0.6) is 11.5 Å². The Labute approximate surface area is 283 Å². The van der Waals surface area contributed by atoms with Crippen LogP contribution in [0.25, 0.3) is 21.8 Å². The second kappa shape index (κ2) is 15.2. The van der Waals surface area contributed by atoms with Crippen LogP contribution in [-0.4, -0.2) is 43.2 Å². The number of para-hydroxylation sites is 3. The van der Waals surface area contributed by atoms with Gasteiger partial charge in [0, 0.05) is 52.1 Å². The van der Waals surface area contributed by atoms with E-state index >= 15 is 0 Å². The summed E-state index contributed by atoms with van der Waals surface area (Å²) in [5.41, 5.74) is 5.01. The number of rotatable bonds is 13. The number of carbonyl (C=O) groups is 2. The normalized spacial score (nSPS) is 15.9. The maximum absolute atomic E-state index is 14.5. The molecule has 1 aliphatic rings. The fourth-order valence-electron chi connectivity index (χ4n) is 7.10. The number of nitrogens with one attached hydrogen (secondary N) is 1. The van der Waals surface area contributed by atoms with Crippen LogP contribution in [0.15, 0.2) is 103 Å². The van der Waals surface area contributed by atoms with Crippen LogP contribution >= 0.6 is 0 Å². The molecule has 48 heavy (non-hydrogen) atoms. The van der Waals surface area contributed by atoms with Crippen molar-refractivity contribution in [3.8, 4) is 11.5 Å². The number of hydrogen-bond donors (Lipinski definition) is 1. The summed E-state index contributed by atoms with van der Waals surface area (Å²) in [6.45, 7) is 2.79. The molecule has 0 saturated carbocycles. The van der Waals surface area contributed by atoms with E-state index in [-0.39, 0.29) is 23.9 Å². The number of methoxy groups -OCH3 is 2. The number of nitrogens with zero attached hydrogens (tertiary/aromatic N) is 2. The number of allylic oxidation sites excluding steroid dienone is 2. The Morgan fingerprint density at radius 3 is 2.21 bits per heavy atom. The van der Waals surface area contributed by atoms with Gasteiger partial charge in [-0.05, 0) is 80.5 Å². The summed E-state index contributed by atoms with van der Waals surface area (Å²) in [6, 6.07) is 30.9. The van der Waals surface area contributed by atoms with Gasteiger partial charge in [-0.1, -0.05) is 73.7 Å². The first-order chi connectivity index (χ1) is 23.5. The topological polar surface area (TPSA) is 72.8 Å². The van der Waals surface area contributed by atoms with Gasteiger partial charge >= 0.3 is 0 Å². The van der Waals surface area contributed by atoms with E-state index in [0.717, 1.165) is 56.3 Å². The average molecular weight is 644 g/mol. The van der Waals surface area contributed by atoms with Crippen LogP contribution in [0.3, 0.4) is 0 Å². The fourth-order valence-corrected chi connectivity index (χ4v) is 7.10. The molecule has 1 aliphatic heterocycles. The van der Waals surface area contributed by atoms with Crippen molar-refractivity contribution in [2.45, 2.75) is 64.0 Å². The first kappa shape index (κ1) is 32.9. The van der Waals surface area contributed by atoms with Gasteiger partial charge in [0.15, 0.2) is 11.5 Å². The van der Waals surface area contributed by atoms with E-state index in [1.807, 2.05) is 17.0 Å². The Hall–Kier alpha value is -5.04. The molecule has 4 aromatic carbocycles. The van der Waals surface area contributed by atoms with E-state index in [1.54, 1.807) is 26.4 Å². The molecule has 7 heteroatoms. The molecule has 0 aliphatic carbocycles. The lowest BCUT2D eigenvalue weighted by molar-refractivity contribution is -0.121. The first-order valence-corrected chi connectivity index (χ1v) is 17.1. The largest absolute Gasteiger partial charge is 0.493 e. The van der Waals surface area contributed by atoms with Gasteiger partial charge in [0.2, 0.25) is 5.91 Å². The number of ether oxygens (including phenoxy) is 2. The zero-order valence-electron chi connectivity index (χ0n) is 28.2. The molecule has 5 aromatic rings. The Balaban J connectivity index is 1.35. The molecular formula is C41H45N3O4. The van der Waals surface area contributed by atoms with E-state index in [9.17, 15) is 9.59 Å². The third-order valence-corrected chi connectivity index (χ3v) is 9.37. The number of anilines is 1. The molecular weight excluding hydrogens is 598 g/mol. The molecule has 0 fully saturated rings. The Kier molecular flexibility index (Phi) is 10.4. The van der Waals surface area contributed by atoms with Crippen LogP contribution in [0.2, 0.25) is 0 Å². The van der Waals surface area contributed by atoms with E-state index in [4.69, 9.17) is 9.47 Å². The van der Waals surface area contributed by atoms with Gasteiger partial charge in [-0.3, -0.25) is 9.59 Å². The smallest absolute Gasteiger partial charge is 0.258 e. The van der Waals surface area contributed by atoms with Crippen molar-refractivity contribution in [1.82, 2.24) is 9.88 Å². The highest BCUT2D eigenvalue weighted by Gasteiger charge is 2.38. The predicted octanol–water partition coefficient (Wildman–Crippen LogP) is 8.85. The molecule has 2 atom stereocenters. The van der Waals surface area contributed by atoms with E-state index in [1.165, 1.54) is 21.8 Å². The minimum Gasteiger partial charge on any atom is -0.493 e. The molecule has 2 unspecified atom stereocenters. The van der Waals surface area contributed by atoms with Crippen molar-refractivity contribution in [1.29, 1.82) is 0 Å². The second-order valence-electron chi connectivity index (χ2n) is 12.4. The summed E-state index contributed by atoms with van der Waals surface area (Å²) in [6.07, 6.45) is 9.93. The number of aromatic nitrogens is 1. The van der Waals surface area contributed by atoms with Crippen molar-refractivity contribution in [3.05, 3.63) is 114 Å². The summed E-state index contributed by atoms with van der Waals surface area (Å²) in [5.74, 6) is 1.17. The Bertz CT molecular complexity index is 1870. The highest BCUT2D eigenvalue weighted by Crippen LogP contribution is 2.45. The standard InChI is InChI=1S/C41H45N3O4/c1-4-26-42-40(45)23-9-7-5-6-8-16-30-28-37(44-34-20-13-10-17-31(34)32-18-11-14-21-35(32)44)33-19-12-15-22-36(33)43(30)41(46)29-24-25-38(47-2)39(27-29)48-3/h5-6,10-15,17-22,24-25,27,30,37H,4,7-9,16,23,26,28H2,1-3H3,(H,42,45)/b6-5+. The van der Waals surface area contributed by atoms with Gasteiger partial charge in [0.05, 0.1) is 20.3 Å². The molecule has 248 valence electrons. The first-order valence-electron chi connectivity index (χ1n) is 17.1. The molecule has 2 amide bonds. The molecule has 7 nitrogen and oxygen atoms in total. The lowest BCUT2D eigenvalue weighted by Crippen LogP contribution is -2.45. The molecule has 2 heterocycles. The zero-order valence-corrected chi connectivity index (χ0v) is 28.2. The van der Waals surface area contributed by atoms with Crippen LogP contribution < -0.4 is 19.7 Å². The minimum absolute atomic E-state index is 0.0380. The maximum atomic E-state index is 14.5. The highest BCUT2D eigenvalue weighted by atomic mass is 16.5. The molecule has 1 aromatic heterocycles. The lowest BCUT2D eigenvalue weighted by Gasteiger charge is -2.42. The third kappa shape index (κ3) is 6.68. The molecule has 0 radical (unpaired) electrons. The number of benzene rings is 4. The fraction of sp³-hybridized carbons (Fsp3) is 0.317. The van der Waals surface area contributed by atoms with E-state index in [2.05, 4.69) is 95.7 Å². The maximum Gasteiger partial charge on any atom is 0.258 e. The molecule has 0 saturated heterocycles. The lowest BCUT2D eigenvalue weighted by atomic mass is 9.87. The quantitative estimate of drug-likeness (QED) is 0.103. The van der Waals surface area contributed by atoms with Crippen LogP contribution in [0, 0.1) is 0 Å². The summed E-state index contributed by atoms with van der Waals surface area (Å²) < 4.78 is 13.5. The van der Waals surface area contributed by atoms with E-state index in [0.29, 0.717) is 23.5 Å². The van der Waals surface area contributed by atoms with Crippen molar-refractivity contribution < 1.29 is 19.1 Å². The summed E-state index contributed by atoms with van der Waals surface area (Å²) in [5, 5.41) is 5.42. The summed E-state index contributed by atoms with van der Waals surface area (Å²) >= 11 is 0. The average Bonchev–Trinajstić information content (AvgIpc) is 3.46. The SMILES string of the molecule is CCCNC(=O)CCC/C=C/CCC1CC(n2c3ccccc3c3ccccc32)c2ccccc2N1C(=O)c1ccc(OC)c(OC)c1. The zero-order chi connectivity index (χ0) is 33.5. The van der Waals surface area contributed by atoms with Crippen molar-refractivity contribution in [2.75, 3.05) is 25.7 Å². The van der Waals surface area contributed by atoms with E-state index < -0.39 is 0 Å². The molecule has 1 N–H and O–H groups in total. The van der Waals surface area contributed by atoms with Gasteiger partial charge in [-0.15, -0.1) is 0 Å². The van der Waals surface area contributed by atoms with Crippen molar-refractivity contribution in [2.24, 2.45) is 0 Å². The van der Waals surface area contributed by atoms with Gasteiger partial charge in [-0.2, -0.15) is 0 Å². The third-order valence-electron chi connectivity index (χ3n) is 9.37. The number of unbranched alkanes of at least 4 members (excludes halogenated alkanes) is 1. The molecule has 0 spiro atoms. The van der Waals surface area contributed by atoms with Gasteiger partial charge < -0.3 is 24.3 Å². The van der Waals surface area contributed by atoms with Gasteiger partial charge in [0.1, 0.15) is 0 Å². The van der Waals surface area contributed by atoms with Crippen molar-refractivity contribution >= 4 is 39.3 Å². The minimum atomic E-state index is -0.0603.